The van der Waals surface area contributed by atoms with Gasteiger partial charge in [-0.1, -0.05) is 84.0 Å². The van der Waals surface area contributed by atoms with Crippen molar-refractivity contribution < 1.29 is 18.4 Å². The summed E-state index contributed by atoms with van der Waals surface area (Å²) in [5.41, 5.74) is 5.12. The molecule has 0 heterocycles. The van der Waals surface area contributed by atoms with Crippen LogP contribution in [0.15, 0.2) is 42.0 Å². The van der Waals surface area contributed by atoms with Crippen molar-refractivity contribution in [3.8, 4) is 0 Å². The van der Waals surface area contributed by atoms with Crippen LogP contribution in [0.3, 0.4) is 0 Å². The molecule has 0 aliphatic heterocycles. The Morgan fingerprint density at radius 1 is 0.947 bits per heavy atom. The Morgan fingerprint density at radius 3 is 2.11 bits per heavy atom. The molecule has 1 saturated carbocycles. The molecule has 3 rings (SSSR count). The average molecular weight is 557 g/mol. The number of carbonyl (C=O) groups is 1. The number of benzene rings is 1. The highest BCUT2D eigenvalue weighted by Gasteiger charge is 2.48. The maximum Gasteiger partial charge on any atom is 0.302 e. The first kappa shape index (κ1) is 31.1. The first-order valence-corrected chi connectivity index (χ1v) is 20.1. The van der Waals surface area contributed by atoms with E-state index in [2.05, 4.69) is 98.1 Å². The molecule has 0 bridgehead atoms. The summed E-state index contributed by atoms with van der Waals surface area (Å²) >= 11 is 0. The van der Waals surface area contributed by atoms with Crippen molar-refractivity contribution in [1.29, 1.82) is 0 Å². The van der Waals surface area contributed by atoms with Crippen LogP contribution in [0, 0.1) is 5.92 Å². The van der Waals surface area contributed by atoms with E-state index >= 15 is 0 Å². The summed E-state index contributed by atoms with van der Waals surface area (Å²) in [4.78, 5) is 11.5. The van der Waals surface area contributed by atoms with Crippen LogP contribution in [0.5, 0.6) is 0 Å². The fraction of sp³-hybridized carbons (Fsp3) is 0.656. The largest absolute Gasteiger partial charge is 0.466 e. The van der Waals surface area contributed by atoms with Gasteiger partial charge in [0.05, 0.1) is 12.7 Å². The van der Waals surface area contributed by atoms with E-state index in [0.29, 0.717) is 6.61 Å². The van der Waals surface area contributed by atoms with Gasteiger partial charge in [0, 0.05) is 31.8 Å². The van der Waals surface area contributed by atoms with Crippen LogP contribution in [0.2, 0.25) is 36.3 Å². The predicted molar refractivity (Wildman–Crippen MR) is 164 cm³/mol. The number of esters is 1. The SMILES string of the molecule is C=C1C(C2C(CCOC(C)=O)=Cc3ccccc32)C[C@@H](O[Si](C)(C)C(C)(C)C)C[C@H]1O[Si](C)(C)C(C)(C)C. The van der Waals surface area contributed by atoms with Gasteiger partial charge >= 0.3 is 5.97 Å². The molecule has 2 unspecified atom stereocenters. The molecule has 1 aromatic carbocycles. The van der Waals surface area contributed by atoms with Crippen LogP contribution in [0.4, 0.5) is 0 Å². The number of hydrogen-bond acceptors (Lipinski definition) is 4. The second-order valence-corrected chi connectivity index (χ2v) is 23.9. The molecule has 0 radical (unpaired) electrons. The van der Waals surface area contributed by atoms with Gasteiger partial charge in [-0.3, -0.25) is 4.79 Å². The third kappa shape index (κ3) is 6.80. The van der Waals surface area contributed by atoms with Crippen LogP contribution in [0.25, 0.3) is 6.08 Å². The Labute approximate surface area is 234 Å². The minimum atomic E-state index is -2.03. The van der Waals surface area contributed by atoms with Crippen molar-refractivity contribution in [2.45, 2.75) is 122 Å². The van der Waals surface area contributed by atoms with E-state index in [0.717, 1.165) is 19.3 Å². The summed E-state index contributed by atoms with van der Waals surface area (Å²) in [6.45, 7) is 29.8. The Kier molecular flexibility index (Phi) is 9.14. The van der Waals surface area contributed by atoms with Gasteiger partial charge in [0.2, 0.25) is 0 Å². The first-order chi connectivity index (χ1) is 17.3. The topological polar surface area (TPSA) is 44.8 Å². The molecule has 4 atom stereocenters. The maximum absolute atomic E-state index is 11.5. The van der Waals surface area contributed by atoms with E-state index in [-0.39, 0.29) is 40.1 Å². The Balaban J connectivity index is 2.00. The van der Waals surface area contributed by atoms with Crippen molar-refractivity contribution in [3.63, 3.8) is 0 Å². The highest BCUT2D eigenvalue weighted by Crippen LogP contribution is 2.52. The molecule has 1 fully saturated rings. The third-order valence-corrected chi connectivity index (χ3v) is 18.6. The predicted octanol–water partition coefficient (Wildman–Crippen LogP) is 8.87. The van der Waals surface area contributed by atoms with Crippen molar-refractivity contribution in [1.82, 2.24) is 0 Å². The number of hydrogen-bond donors (Lipinski definition) is 0. The molecule has 4 nitrogen and oxygen atoms in total. The van der Waals surface area contributed by atoms with Gasteiger partial charge in [0.1, 0.15) is 0 Å². The van der Waals surface area contributed by atoms with Gasteiger partial charge in [0.25, 0.3) is 0 Å². The molecule has 2 aliphatic carbocycles. The maximum atomic E-state index is 11.5. The monoisotopic (exact) mass is 556 g/mol. The normalized spacial score (nSPS) is 24.7. The van der Waals surface area contributed by atoms with Crippen molar-refractivity contribution >= 4 is 28.7 Å². The number of ether oxygens (including phenoxy) is 1. The van der Waals surface area contributed by atoms with Crippen LogP contribution in [-0.4, -0.2) is 41.4 Å². The van der Waals surface area contributed by atoms with E-state index in [4.69, 9.17) is 20.2 Å². The summed E-state index contributed by atoms with van der Waals surface area (Å²) < 4.78 is 19.6. The van der Waals surface area contributed by atoms with Crippen LogP contribution >= 0.6 is 0 Å². The van der Waals surface area contributed by atoms with E-state index in [1.54, 1.807) is 0 Å². The zero-order valence-corrected chi connectivity index (χ0v) is 27.9. The van der Waals surface area contributed by atoms with E-state index in [1.807, 2.05) is 0 Å². The zero-order valence-electron chi connectivity index (χ0n) is 25.9. The molecule has 0 N–H and O–H groups in total. The Bertz CT molecular complexity index is 1060. The van der Waals surface area contributed by atoms with Crippen molar-refractivity contribution in [2.75, 3.05) is 6.61 Å². The van der Waals surface area contributed by atoms with Crippen LogP contribution in [-0.2, 0) is 18.4 Å². The standard InChI is InChI=1S/C32H52O4Si2/c1-22-28(30-25(17-18-34-23(2)33)19-24-15-13-14-16-27(24)30)20-26(35-37(9,10)31(3,4)5)21-29(22)36-38(11,12)32(6,7)8/h13-16,19,26,28-30H,1,17-18,20-21H2,2-12H3/t26-,28?,29-,30?/m1/s1. The van der Waals surface area contributed by atoms with Gasteiger partial charge in [-0.05, 0) is 65.3 Å². The summed E-state index contributed by atoms with van der Waals surface area (Å²) in [7, 11) is -4.00. The zero-order chi connectivity index (χ0) is 28.7. The van der Waals surface area contributed by atoms with E-state index in [9.17, 15) is 4.79 Å². The number of carbonyl (C=O) groups excluding carboxylic acids is 1. The first-order valence-electron chi connectivity index (χ1n) is 14.3. The van der Waals surface area contributed by atoms with E-state index in [1.165, 1.54) is 29.2 Å². The third-order valence-electron chi connectivity index (χ3n) is 9.56. The quantitative estimate of drug-likeness (QED) is 0.182. The van der Waals surface area contributed by atoms with Gasteiger partial charge in [-0.25, -0.2) is 0 Å². The average Bonchev–Trinajstić information content (AvgIpc) is 3.11. The molecular weight excluding hydrogens is 505 g/mol. The number of fused-ring (bicyclic) bond motifs is 1. The summed E-state index contributed by atoms with van der Waals surface area (Å²) in [5.74, 6) is 0.177. The second-order valence-electron chi connectivity index (χ2n) is 14.4. The molecular formula is C32H52O4Si2. The summed E-state index contributed by atoms with van der Waals surface area (Å²) in [5, 5.41) is 0.257. The molecule has 0 aromatic heterocycles. The summed E-state index contributed by atoms with van der Waals surface area (Å²) in [6.07, 6.45) is 4.95. The van der Waals surface area contributed by atoms with Crippen LogP contribution in [0.1, 0.15) is 84.8 Å². The Hall–Kier alpha value is -1.48. The molecule has 6 heteroatoms. The lowest BCUT2D eigenvalue weighted by atomic mass is 9.70. The highest BCUT2D eigenvalue weighted by atomic mass is 28.4. The fourth-order valence-electron chi connectivity index (χ4n) is 5.29. The van der Waals surface area contributed by atoms with Crippen molar-refractivity contribution in [2.24, 2.45) is 5.92 Å². The highest BCUT2D eigenvalue weighted by molar-refractivity contribution is 6.74. The smallest absolute Gasteiger partial charge is 0.302 e. The lowest BCUT2D eigenvalue weighted by Gasteiger charge is -2.48. The lowest BCUT2D eigenvalue weighted by molar-refractivity contribution is -0.140. The fourth-order valence-corrected chi connectivity index (χ4v) is 7.98. The van der Waals surface area contributed by atoms with Gasteiger partial charge in [0.15, 0.2) is 16.6 Å². The molecule has 2 aliphatic rings. The molecule has 38 heavy (non-hydrogen) atoms. The van der Waals surface area contributed by atoms with Crippen LogP contribution < -0.4 is 0 Å². The molecule has 1 aromatic rings. The molecule has 0 amide bonds. The molecule has 212 valence electrons. The lowest BCUT2D eigenvalue weighted by Crippen LogP contribution is -2.51. The van der Waals surface area contributed by atoms with Gasteiger partial charge in [-0.15, -0.1) is 0 Å². The van der Waals surface area contributed by atoms with Crippen molar-refractivity contribution in [3.05, 3.63) is 53.1 Å². The minimum Gasteiger partial charge on any atom is -0.466 e. The Morgan fingerprint density at radius 2 is 1.53 bits per heavy atom. The molecule has 0 saturated heterocycles. The number of rotatable bonds is 8. The van der Waals surface area contributed by atoms with E-state index < -0.39 is 16.6 Å². The summed E-state index contributed by atoms with van der Waals surface area (Å²) in [6, 6.07) is 8.68. The van der Waals surface area contributed by atoms with Gasteiger partial charge in [-0.2, -0.15) is 0 Å². The second kappa shape index (κ2) is 11.2. The molecule has 0 spiro atoms. The van der Waals surface area contributed by atoms with Gasteiger partial charge < -0.3 is 13.6 Å². The minimum absolute atomic E-state index is 0.0214.